The minimum absolute atomic E-state index is 0.0427. The molecule has 0 saturated heterocycles. The van der Waals surface area contributed by atoms with Crippen LogP contribution in [0.5, 0.6) is 0 Å². The quantitative estimate of drug-likeness (QED) is 0.733. The molecule has 0 spiro atoms. The number of nitrogens with zero attached hydrogens (tertiary/aromatic N) is 1. The predicted octanol–water partition coefficient (Wildman–Crippen LogP) is 2.26. The van der Waals surface area contributed by atoms with Gasteiger partial charge in [0, 0.05) is 12.6 Å². The van der Waals surface area contributed by atoms with E-state index in [2.05, 4.69) is 24.1 Å². The summed E-state index contributed by atoms with van der Waals surface area (Å²) < 4.78 is 5.62. The zero-order chi connectivity index (χ0) is 15.8. The number of rotatable bonds is 9. The number of aliphatic hydroxyl groups is 1. The fraction of sp³-hybridized carbons (Fsp3) is 0.688. The van der Waals surface area contributed by atoms with Gasteiger partial charge in [0.15, 0.2) is 5.76 Å². The van der Waals surface area contributed by atoms with Crippen LogP contribution in [0.25, 0.3) is 0 Å². The van der Waals surface area contributed by atoms with Crippen molar-refractivity contribution in [1.82, 2.24) is 10.2 Å². The van der Waals surface area contributed by atoms with Gasteiger partial charge in [-0.15, -0.1) is 0 Å². The maximum atomic E-state index is 12.2. The molecule has 5 heteroatoms. The monoisotopic (exact) mass is 296 g/mol. The van der Waals surface area contributed by atoms with Gasteiger partial charge in [0.05, 0.1) is 6.54 Å². The summed E-state index contributed by atoms with van der Waals surface area (Å²) in [4.78, 5) is 14.4. The molecular weight excluding hydrogens is 268 g/mol. The van der Waals surface area contributed by atoms with E-state index in [1.807, 2.05) is 19.9 Å². The molecule has 0 aromatic carbocycles. The molecule has 0 aliphatic rings. The number of furan rings is 1. The summed E-state index contributed by atoms with van der Waals surface area (Å²) in [5.41, 5.74) is 0. The Morgan fingerprint density at radius 3 is 2.52 bits per heavy atom. The van der Waals surface area contributed by atoms with Gasteiger partial charge in [-0.25, -0.2) is 0 Å². The zero-order valence-electron chi connectivity index (χ0n) is 13.6. The number of amides is 1. The number of carbonyl (C=O) groups is 1. The van der Waals surface area contributed by atoms with Gasteiger partial charge in [-0.05, 0) is 37.6 Å². The highest BCUT2D eigenvalue weighted by molar-refractivity contribution is 5.91. The minimum Gasteiger partial charge on any atom is -0.455 e. The molecule has 120 valence electrons. The van der Waals surface area contributed by atoms with Crippen molar-refractivity contribution in [3.63, 3.8) is 0 Å². The van der Waals surface area contributed by atoms with E-state index in [1.54, 1.807) is 6.07 Å². The first-order valence-corrected chi connectivity index (χ1v) is 7.74. The van der Waals surface area contributed by atoms with Crippen molar-refractivity contribution in [3.8, 4) is 0 Å². The standard InChI is InChI=1S/C16H28N2O3/c1-5-18(6-2)11-13-7-8-15(21-13)16(20)17-14(9-10-19)12(3)4/h7-8,12,14,19H,5-6,9-11H2,1-4H3,(H,17,20). The molecule has 2 N–H and O–H groups in total. The molecule has 1 heterocycles. The predicted molar refractivity (Wildman–Crippen MR) is 83.1 cm³/mol. The minimum atomic E-state index is -0.215. The largest absolute Gasteiger partial charge is 0.455 e. The van der Waals surface area contributed by atoms with E-state index >= 15 is 0 Å². The van der Waals surface area contributed by atoms with Crippen molar-refractivity contribution in [2.24, 2.45) is 5.92 Å². The van der Waals surface area contributed by atoms with Crippen LogP contribution < -0.4 is 5.32 Å². The van der Waals surface area contributed by atoms with Gasteiger partial charge in [0.25, 0.3) is 5.91 Å². The Hall–Kier alpha value is -1.33. The summed E-state index contributed by atoms with van der Waals surface area (Å²) in [5, 5.41) is 12.0. The molecule has 1 aromatic heterocycles. The molecule has 0 aliphatic carbocycles. The van der Waals surface area contributed by atoms with Crippen LogP contribution in [0.2, 0.25) is 0 Å². The molecule has 0 bridgehead atoms. The lowest BCUT2D eigenvalue weighted by atomic mass is 10.0. The fourth-order valence-electron chi connectivity index (χ4n) is 2.20. The normalized spacial score (nSPS) is 12.9. The van der Waals surface area contributed by atoms with Gasteiger partial charge < -0.3 is 14.8 Å². The molecule has 1 aromatic rings. The fourth-order valence-corrected chi connectivity index (χ4v) is 2.20. The number of hydrogen-bond donors (Lipinski definition) is 2. The second-order valence-electron chi connectivity index (χ2n) is 5.56. The Labute approximate surface area is 127 Å². The summed E-state index contributed by atoms with van der Waals surface area (Å²) in [6, 6.07) is 3.52. The van der Waals surface area contributed by atoms with E-state index in [1.165, 1.54) is 0 Å². The van der Waals surface area contributed by atoms with E-state index in [-0.39, 0.29) is 24.5 Å². The Morgan fingerprint density at radius 2 is 2.00 bits per heavy atom. The number of nitrogens with one attached hydrogen (secondary N) is 1. The second-order valence-corrected chi connectivity index (χ2v) is 5.56. The first kappa shape index (κ1) is 17.7. The Balaban J connectivity index is 2.64. The Kier molecular flexibility index (Phi) is 7.47. The van der Waals surface area contributed by atoms with Crippen molar-refractivity contribution in [2.75, 3.05) is 19.7 Å². The molecule has 1 rings (SSSR count). The topological polar surface area (TPSA) is 65.7 Å². The van der Waals surface area contributed by atoms with Gasteiger partial charge in [0.1, 0.15) is 5.76 Å². The highest BCUT2D eigenvalue weighted by Gasteiger charge is 2.19. The number of hydrogen-bond acceptors (Lipinski definition) is 4. The van der Waals surface area contributed by atoms with Crippen molar-refractivity contribution in [2.45, 2.75) is 46.7 Å². The van der Waals surface area contributed by atoms with E-state index < -0.39 is 0 Å². The molecule has 5 nitrogen and oxygen atoms in total. The SMILES string of the molecule is CCN(CC)Cc1ccc(C(=O)NC(CCO)C(C)C)o1. The lowest BCUT2D eigenvalue weighted by molar-refractivity contribution is 0.0884. The zero-order valence-corrected chi connectivity index (χ0v) is 13.6. The van der Waals surface area contributed by atoms with E-state index in [9.17, 15) is 4.79 Å². The van der Waals surface area contributed by atoms with Crippen molar-refractivity contribution < 1.29 is 14.3 Å². The van der Waals surface area contributed by atoms with E-state index in [0.717, 1.165) is 18.8 Å². The number of aliphatic hydroxyl groups excluding tert-OH is 1. The molecule has 1 atom stereocenters. The lowest BCUT2D eigenvalue weighted by Crippen LogP contribution is -2.39. The number of carbonyl (C=O) groups excluding carboxylic acids is 1. The highest BCUT2D eigenvalue weighted by Crippen LogP contribution is 2.12. The van der Waals surface area contributed by atoms with Gasteiger partial charge in [-0.1, -0.05) is 27.7 Å². The summed E-state index contributed by atoms with van der Waals surface area (Å²) >= 11 is 0. The molecule has 0 fully saturated rings. The molecule has 0 saturated carbocycles. The van der Waals surface area contributed by atoms with E-state index in [4.69, 9.17) is 9.52 Å². The Morgan fingerprint density at radius 1 is 1.33 bits per heavy atom. The smallest absolute Gasteiger partial charge is 0.287 e. The lowest BCUT2D eigenvalue weighted by Gasteiger charge is -2.20. The van der Waals surface area contributed by atoms with Crippen LogP contribution in [0.1, 0.15) is 50.4 Å². The van der Waals surface area contributed by atoms with Crippen LogP contribution in [-0.2, 0) is 6.54 Å². The third-order valence-electron chi connectivity index (χ3n) is 3.72. The molecule has 1 unspecified atom stereocenters. The first-order valence-electron chi connectivity index (χ1n) is 7.74. The van der Waals surface area contributed by atoms with Crippen LogP contribution in [0.3, 0.4) is 0 Å². The molecular formula is C16H28N2O3. The highest BCUT2D eigenvalue weighted by atomic mass is 16.4. The molecule has 0 radical (unpaired) electrons. The molecule has 0 aliphatic heterocycles. The summed E-state index contributed by atoms with van der Waals surface area (Å²) in [6.45, 7) is 10.9. The second kappa shape index (κ2) is 8.85. The molecule has 1 amide bonds. The van der Waals surface area contributed by atoms with Crippen LogP contribution >= 0.6 is 0 Å². The first-order chi connectivity index (χ1) is 10.0. The van der Waals surface area contributed by atoms with Crippen LogP contribution in [0.15, 0.2) is 16.5 Å². The van der Waals surface area contributed by atoms with Gasteiger partial charge in [-0.3, -0.25) is 9.69 Å². The van der Waals surface area contributed by atoms with Crippen LogP contribution in [-0.4, -0.2) is 41.7 Å². The van der Waals surface area contributed by atoms with Crippen molar-refractivity contribution in [3.05, 3.63) is 23.7 Å². The summed E-state index contributed by atoms with van der Waals surface area (Å²) in [5.74, 6) is 1.19. The van der Waals surface area contributed by atoms with Gasteiger partial charge in [0.2, 0.25) is 0 Å². The maximum Gasteiger partial charge on any atom is 0.287 e. The average molecular weight is 296 g/mol. The summed E-state index contributed by atoms with van der Waals surface area (Å²) in [7, 11) is 0. The third kappa shape index (κ3) is 5.52. The maximum absolute atomic E-state index is 12.2. The van der Waals surface area contributed by atoms with Crippen LogP contribution in [0, 0.1) is 5.92 Å². The van der Waals surface area contributed by atoms with Gasteiger partial charge >= 0.3 is 0 Å². The van der Waals surface area contributed by atoms with Crippen LogP contribution in [0.4, 0.5) is 0 Å². The Bertz CT molecular complexity index is 425. The average Bonchev–Trinajstić information content (AvgIpc) is 2.92. The third-order valence-corrected chi connectivity index (χ3v) is 3.72. The summed E-state index contributed by atoms with van der Waals surface area (Å²) in [6.07, 6.45) is 0.552. The van der Waals surface area contributed by atoms with Crippen molar-refractivity contribution in [1.29, 1.82) is 0 Å². The van der Waals surface area contributed by atoms with E-state index in [0.29, 0.717) is 18.7 Å². The van der Waals surface area contributed by atoms with Crippen molar-refractivity contribution >= 4 is 5.91 Å². The van der Waals surface area contributed by atoms with Gasteiger partial charge in [-0.2, -0.15) is 0 Å². The molecule has 21 heavy (non-hydrogen) atoms.